The molecule has 1 saturated heterocycles. The fourth-order valence-corrected chi connectivity index (χ4v) is 2.06. The molecular weight excluding hydrogens is 247 g/mol. The number of hydrogen-bond acceptors (Lipinski definition) is 4. The molecule has 0 aliphatic carbocycles. The van der Waals surface area contributed by atoms with Gasteiger partial charge in [-0.25, -0.2) is 14.4 Å². The van der Waals surface area contributed by atoms with Gasteiger partial charge < -0.3 is 9.84 Å². The molecule has 98 valence electrons. The number of ether oxygens (including phenoxy) is 1. The highest BCUT2D eigenvalue weighted by molar-refractivity contribution is 5.58. The molecule has 2 heterocycles. The molecule has 0 unspecified atom stereocenters. The summed E-state index contributed by atoms with van der Waals surface area (Å²) in [4.78, 5) is 8.64. The van der Waals surface area contributed by atoms with Gasteiger partial charge in [-0.15, -0.1) is 0 Å². The van der Waals surface area contributed by atoms with Crippen molar-refractivity contribution < 1.29 is 14.2 Å². The summed E-state index contributed by atoms with van der Waals surface area (Å²) in [6.07, 6.45) is 1.62. The topological polar surface area (TPSA) is 55.2 Å². The van der Waals surface area contributed by atoms with Crippen LogP contribution in [0.25, 0.3) is 11.3 Å². The van der Waals surface area contributed by atoms with E-state index in [4.69, 9.17) is 4.74 Å². The van der Waals surface area contributed by atoms with Crippen molar-refractivity contribution in [1.29, 1.82) is 0 Å². The first-order chi connectivity index (χ1) is 9.23. The van der Waals surface area contributed by atoms with Crippen molar-refractivity contribution in [3.8, 4) is 11.3 Å². The van der Waals surface area contributed by atoms with Gasteiger partial charge in [0.15, 0.2) is 0 Å². The zero-order valence-corrected chi connectivity index (χ0v) is 10.2. The molecule has 0 spiro atoms. The van der Waals surface area contributed by atoms with E-state index in [0.717, 1.165) is 0 Å². The number of aliphatic hydroxyl groups excluding tert-OH is 1. The number of benzene rings is 1. The van der Waals surface area contributed by atoms with Crippen LogP contribution in [0.4, 0.5) is 4.39 Å². The molecule has 1 aromatic heterocycles. The van der Waals surface area contributed by atoms with Gasteiger partial charge in [-0.05, 0) is 18.2 Å². The summed E-state index contributed by atoms with van der Waals surface area (Å²) in [5.74, 6) is 0.240. The smallest absolute Gasteiger partial charge is 0.142 e. The molecule has 0 atom stereocenters. The molecule has 0 amide bonds. The Morgan fingerprint density at radius 2 is 2.16 bits per heavy atom. The third-order valence-electron chi connectivity index (χ3n) is 3.31. The summed E-state index contributed by atoms with van der Waals surface area (Å²) in [7, 11) is 0. The number of aliphatic hydroxyl groups is 1. The van der Waals surface area contributed by atoms with E-state index < -0.39 is 5.41 Å². The highest BCUT2D eigenvalue weighted by Gasteiger charge is 2.42. The molecule has 1 aliphatic rings. The Morgan fingerprint density at radius 1 is 1.32 bits per heavy atom. The van der Waals surface area contributed by atoms with E-state index in [9.17, 15) is 9.50 Å². The number of hydrogen-bond donors (Lipinski definition) is 1. The Bertz CT molecular complexity index is 594. The summed E-state index contributed by atoms with van der Waals surface area (Å²) in [5.41, 5.74) is 0.824. The van der Waals surface area contributed by atoms with Crippen molar-refractivity contribution in [2.75, 3.05) is 19.8 Å². The van der Waals surface area contributed by atoms with Crippen LogP contribution in [-0.2, 0) is 10.2 Å². The van der Waals surface area contributed by atoms with Crippen molar-refractivity contribution in [2.45, 2.75) is 5.41 Å². The van der Waals surface area contributed by atoms with Crippen LogP contribution < -0.4 is 0 Å². The maximum absolute atomic E-state index is 13.2. The van der Waals surface area contributed by atoms with Gasteiger partial charge in [-0.2, -0.15) is 0 Å². The van der Waals surface area contributed by atoms with Crippen LogP contribution in [-0.4, -0.2) is 34.9 Å². The molecule has 1 aliphatic heterocycles. The van der Waals surface area contributed by atoms with Gasteiger partial charge in [0.05, 0.1) is 30.9 Å². The lowest BCUT2D eigenvalue weighted by Crippen LogP contribution is -2.51. The van der Waals surface area contributed by atoms with Gasteiger partial charge in [0.25, 0.3) is 0 Å². The highest BCUT2D eigenvalue weighted by Crippen LogP contribution is 2.30. The lowest BCUT2D eigenvalue weighted by atomic mass is 9.86. The van der Waals surface area contributed by atoms with E-state index in [0.29, 0.717) is 30.3 Å². The average molecular weight is 260 g/mol. The summed E-state index contributed by atoms with van der Waals surface area (Å²) < 4.78 is 18.4. The number of aromatic nitrogens is 2. The van der Waals surface area contributed by atoms with Crippen molar-refractivity contribution in [2.24, 2.45) is 0 Å². The number of rotatable bonds is 3. The van der Waals surface area contributed by atoms with Crippen LogP contribution in [0.5, 0.6) is 0 Å². The second-order valence-corrected chi connectivity index (χ2v) is 4.71. The normalized spacial score (nSPS) is 16.9. The first-order valence-corrected chi connectivity index (χ1v) is 6.02. The minimum absolute atomic E-state index is 0.0559. The average Bonchev–Trinajstić information content (AvgIpc) is 2.39. The van der Waals surface area contributed by atoms with E-state index in [1.165, 1.54) is 12.1 Å². The Morgan fingerprint density at radius 3 is 2.79 bits per heavy atom. The molecule has 0 saturated carbocycles. The number of nitrogens with zero attached hydrogens (tertiary/aromatic N) is 2. The number of halogens is 1. The van der Waals surface area contributed by atoms with Crippen molar-refractivity contribution in [3.63, 3.8) is 0 Å². The molecule has 4 nitrogen and oxygen atoms in total. The minimum Gasteiger partial charge on any atom is -0.395 e. The van der Waals surface area contributed by atoms with E-state index in [1.54, 1.807) is 24.4 Å². The van der Waals surface area contributed by atoms with E-state index in [2.05, 4.69) is 9.97 Å². The van der Waals surface area contributed by atoms with Gasteiger partial charge in [-0.3, -0.25) is 0 Å². The van der Waals surface area contributed by atoms with Crippen LogP contribution in [0.15, 0.2) is 36.5 Å². The van der Waals surface area contributed by atoms with Gasteiger partial charge in [0, 0.05) is 11.8 Å². The third-order valence-corrected chi connectivity index (χ3v) is 3.31. The molecular formula is C14H13FN2O2. The Kier molecular flexibility index (Phi) is 3.00. The zero-order chi connectivity index (χ0) is 13.3. The van der Waals surface area contributed by atoms with E-state index >= 15 is 0 Å². The van der Waals surface area contributed by atoms with Gasteiger partial charge in [-0.1, -0.05) is 12.1 Å². The van der Waals surface area contributed by atoms with Crippen molar-refractivity contribution in [3.05, 3.63) is 48.2 Å². The largest absolute Gasteiger partial charge is 0.395 e. The lowest BCUT2D eigenvalue weighted by Gasteiger charge is -2.38. The molecule has 0 radical (unpaired) electrons. The monoisotopic (exact) mass is 260 g/mol. The first-order valence-electron chi connectivity index (χ1n) is 6.02. The Labute approximate surface area is 109 Å². The van der Waals surface area contributed by atoms with E-state index in [-0.39, 0.29) is 12.4 Å². The second kappa shape index (κ2) is 4.68. The van der Waals surface area contributed by atoms with Gasteiger partial charge in [0.2, 0.25) is 0 Å². The summed E-state index contributed by atoms with van der Waals surface area (Å²) in [6, 6.07) is 7.97. The predicted molar refractivity (Wildman–Crippen MR) is 67.0 cm³/mol. The third kappa shape index (κ3) is 2.11. The van der Waals surface area contributed by atoms with Crippen molar-refractivity contribution >= 4 is 0 Å². The summed E-state index contributed by atoms with van der Waals surface area (Å²) in [6.45, 7) is 0.770. The first kappa shape index (κ1) is 12.2. The van der Waals surface area contributed by atoms with Crippen LogP contribution in [0, 0.1) is 5.82 Å². The maximum atomic E-state index is 13.2. The Balaban J connectivity index is 2.00. The van der Waals surface area contributed by atoms with Crippen LogP contribution in [0.3, 0.4) is 0 Å². The molecule has 1 aromatic carbocycles. The summed E-state index contributed by atoms with van der Waals surface area (Å²) >= 11 is 0. The van der Waals surface area contributed by atoms with Crippen LogP contribution >= 0.6 is 0 Å². The standard InChI is InChI=1S/C14H13FN2O2/c15-11-3-1-2-10(6-11)12-4-5-16-13(17-12)14(7-18)8-19-9-14/h1-6,18H,7-9H2. The molecule has 3 rings (SSSR count). The second-order valence-electron chi connectivity index (χ2n) is 4.71. The predicted octanol–water partition coefficient (Wildman–Crippen LogP) is 1.54. The fraction of sp³-hybridized carbons (Fsp3) is 0.286. The van der Waals surface area contributed by atoms with Crippen LogP contribution in [0.1, 0.15) is 5.82 Å². The van der Waals surface area contributed by atoms with Gasteiger partial charge in [0.1, 0.15) is 11.6 Å². The molecule has 1 N–H and O–H groups in total. The Hall–Kier alpha value is -1.85. The summed E-state index contributed by atoms with van der Waals surface area (Å²) in [5, 5.41) is 9.48. The maximum Gasteiger partial charge on any atom is 0.142 e. The SMILES string of the molecule is OCC1(c2nccc(-c3cccc(F)c3)n2)COC1. The minimum atomic E-state index is -0.511. The zero-order valence-electron chi connectivity index (χ0n) is 10.2. The highest BCUT2D eigenvalue weighted by atomic mass is 19.1. The molecule has 2 aromatic rings. The fourth-order valence-electron chi connectivity index (χ4n) is 2.06. The quantitative estimate of drug-likeness (QED) is 0.909. The molecule has 1 fully saturated rings. The lowest BCUT2D eigenvalue weighted by molar-refractivity contribution is -0.0883. The van der Waals surface area contributed by atoms with Crippen molar-refractivity contribution in [1.82, 2.24) is 9.97 Å². The molecule has 0 bridgehead atoms. The van der Waals surface area contributed by atoms with Gasteiger partial charge >= 0.3 is 0 Å². The van der Waals surface area contributed by atoms with Crippen LogP contribution in [0.2, 0.25) is 0 Å². The van der Waals surface area contributed by atoms with E-state index in [1.807, 2.05) is 0 Å². The molecule has 19 heavy (non-hydrogen) atoms. The molecule has 5 heteroatoms.